The van der Waals surface area contributed by atoms with Gasteiger partial charge in [-0.25, -0.2) is 4.39 Å². The monoisotopic (exact) mass is 394 g/mol. The molecule has 5 heteroatoms. The normalized spacial score (nSPS) is 12.0. The van der Waals surface area contributed by atoms with Crippen molar-refractivity contribution in [1.82, 2.24) is 0 Å². The van der Waals surface area contributed by atoms with Crippen molar-refractivity contribution in [2.75, 3.05) is 13.3 Å². The van der Waals surface area contributed by atoms with E-state index in [-0.39, 0.29) is 12.4 Å². The second-order valence-corrected chi connectivity index (χ2v) is 6.23. The molecule has 0 N–H and O–H groups in total. The minimum atomic E-state index is -0.752. The van der Waals surface area contributed by atoms with Gasteiger partial charge in [-0.1, -0.05) is 53.2 Å². The highest BCUT2D eigenvalue weighted by Crippen LogP contribution is 2.25. The van der Waals surface area contributed by atoms with Gasteiger partial charge < -0.3 is 9.47 Å². The van der Waals surface area contributed by atoms with Crippen molar-refractivity contribution >= 4 is 21.7 Å². The lowest BCUT2D eigenvalue weighted by molar-refractivity contribution is 0.0293. The van der Waals surface area contributed by atoms with E-state index in [0.29, 0.717) is 24.3 Å². The number of hydrogen-bond acceptors (Lipinski definition) is 3. The summed E-state index contributed by atoms with van der Waals surface area (Å²) in [5.41, 5.74) is 1.47. The zero-order valence-electron chi connectivity index (χ0n) is 13.5. The lowest BCUT2D eigenvalue weighted by atomic mass is 10.1. The first-order valence-electron chi connectivity index (χ1n) is 7.81. The van der Waals surface area contributed by atoms with Gasteiger partial charge in [0.05, 0.1) is 18.8 Å². The van der Waals surface area contributed by atoms with Crippen LogP contribution in [0.4, 0.5) is 4.39 Å². The summed E-state index contributed by atoms with van der Waals surface area (Å²) in [5, 5.41) is 0. The summed E-state index contributed by atoms with van der Waals surface area (Å²) in [6, 6.07) is 14.8. The van der Waals surface area contributed by atoms with E-state index in [2.05, 4.69) is 15.9 Å². The highest BCUT2D eigenvalue weighted by molar-refractivity contribution is 9.10. The average molecular weight is 395 g/mol. The molecule has 24 heavy (non-hydrogen) atoms. The van der Waals surface area contributed by atoms with Gasteiger partial charge in [0, 0.05) is 10.9 Å². The fourth-order valence-corrected chi connectivity index (χ4v) is 2.55. The van der Waals surface area contributed by atoms with Gasteiger partial charge in [-0.3, -0.25) is 4.79 Å². The number of benzene rings is 2. The standard InChI is InChI=1S/C19H20BrFO3/c1-2-18(22)17-10-15(20)8-9-19(17)24-16(11-21)13-23-12-14-6-4-3-5-7-14/h3-10,16H,2,11-13H2,1H3/t16-/m0/s1. The third kappa shape index (κ3) is 5.42. The van der Waals surface area contributed by atoms with Crippen LogP contribution in [-0.2, 0) is 11.3 Å². The molecule has 0 aromatic heterocycles. The van der Waals surface area contributed by atoms with E-state index < -0.39 is 12.8 Å². The lowest BCUT2D eigenvalue weighted by Gasteiger charge is -2.18. The zero-order valence-corrected chi connectivity index (χ0v) is 15.1. The highest BCUT2D eigenvalue weighted by atomic mass is 79.9. The molecule has 0 bridgehead atoms. The summed E-state index contributed by atoms with van der Waals surface area (Å²) in [6.45, 7) is 1.59. The van der Waals surface area contributed by atoms with Crippen LogP contribution in [0, 0.1) is 0 Å². The molecule has 0 fully saturated rings. The molecule has 0 aliphatic heterocycles. The Morgan fingerprint density at radius 3 is 2.62 bits per heavy atom. The number of carbonyl (C=O) groups is 1. The van der Waals surface area contributed by atoms with E-state index in [1.165, 1.54) is 0 Å². The first-order chi connectivity index (χ1) is 11.6. The van der Waals surface area contributed by atoms with E-state index in [9.17, 15) is 9.18 Å². The predicted molar refractivity (Wildman–Crippen MR) is 95.3 cm³/mol. The Hall–Kier alpha value is -1.72. The summed E-state index contributed by atoms with van der Waals surface area (Å²) in [6.07, 6.45) is -0.393. The third-order valence-corrected chi connectivity index (χ3v) is 3.94. The van der Waals surface area contributed by atoms with Gasteiger partial charge >= 0.3 is 0 Å². The van der Waals surface area contributed by atoms with E-state index in [0.717, 1.165) is 10.0 Å². The van der Waals surface area contributed by atoms with Crippen LogP contribution in [-0.4, -0.2) is 25.2 Å². The lowest BCUT2D eigenvalue weighted by Crippen LogP contribution is -2.26. The maximum absolute atomic E-state index is 13.3. The van der Waals surface area contributed by atoms with E-state index in [4.69, 9.17) is 9.47 Å². The second-order valence-electron chi connectivity index (χ2n) is 5.31. The first-order valence-corrected chi connectivity index (χ1v) is 8.60. The van der Waals surface area contributed by atoms with Crippen LogP contribution in [0.2, 0.25) is 0 Å². The molecule has 2 aromatic rings. The Morgan fingerprint density at radius 2 is 1.96 bits per heavy atom. The van der Waals surface area contributed by atoms with Gasteiger partial charge in [0.2, 0.25) is 0 Å². The van der Waals surface area contributed by atoms with Gasteiger partial charge in [0.1, 0.15) is 12.4 Å². The minimum Gasteiger partial charge on any atom is -0.485 e. The first kappa shape index (κ1) is 18.6. The quantitative estimate of drug-likeness (QED) is 0.562. The van der Waals surface area contributed by atoms with Crippen molar-refractivity contribution < 1.29 is 18.7 Å². The van der Waals surface area contributed by atoms with E-state index in [1.807, 2.05) is 30.3 Å². The van der Waals surface area contributed by atoms with Crippen LogP contribution >= 0.6 is 15.9 Å². The van der Waals surface area contributed by atoms with E-state index >= 15 is 0 Å². The fraction of sp³-hybridized carbons (Fsp3) is 0.316. The van der Waals surface area contributed by atoms with Crippen molar-refractivity contribution in [3.05, 3.63) is 64.1 Å². The summed E-state index contributed by atoms with van der Waals surface area (Å²) < 4.78 is 25.3. The van der Waals surface area contributed by atoms with Gasteiger partial charge in [0.15, 0.2) is 11.9 Å². The van der Waals surface area contributed by atoms with Crippen LogP contribution < -0.4 is 4.74 Å². The van der Waals surface area contributed by atoms with Crippen LogP contribution in [0.3, 0.4) is 0 Å². The molecule has 0 aliphatic carbocycles. The van der Waals surface area contributed by atoms with Crippen LogP contribution in [0.1, 0.15) is 29.3 Å². The number of ether oxygens (including phenoxy) is 2. The molecule has 0 aliphatic rings. The van der Waals surface area contributed by atoms with Gasteiger partial charge in [0.25, 0.3) is 0 Å². The number of ketones is 1. The number of halogens is 2. The molecule has 1 atom stereocenters. The summed E-state index contributed by atoms with van der Waals surface area (Å²) in [7, 11) is 0. The number of rotatable bonds is 9. The molecular weight excluding hydrogens is 375 g/mol. The molecule has 2 rings (SSSR count). The second kappa shape index (κ2) is 9.55. The average Bonchev–Trinajstić information content (AvgIpc) is 2.62. The van der Waals surface area contributed by atoms with Gasteiger partial charge in [-0.05, 0) is 23.8 Å². The smallest absolute Gasteiger partial charge is 0.166 e. The van der Waals surface area contributed by atoms with Gasteiger partial charge in [-0.2, -0.15) is 0 Å². The Bertz CT molecular complexity index is 661. The molecule has 3 nitrogen and oxygen atoms in total. The third-order valence-electron chi connectivity index (χ3n) is 3.44. The number of carbonyl (C=O) groups excluding carboxylic acids is 1. The highest BCUT2D eigenvalue weighted by Gasteiger charge is 2.17. The summed E-state index contributed by atoms with van der Waals surface area (Å²) in [5.74, 6) is 0.338. The van der Waals surface area contributed by atoms with Crippen molar-refractivity contribution in [3.8, 4) is 5.75 Å². The van der Waals surface area contributed by atoms with Crippen LogP contribution in [0.25, 0.3) is 0 Å². The minimum absolute atomic E-state index is 0.0471. The molecule has 2 aromatic carbocycles. The predicted octanol–water partition coefficient (Wildman–Crippen LogP) is 4.98. The Kier molecular flexibility index (Phi) is 7.40. The van der Waals surface area contributed by atoms with Crippen molar-refractivity contribution in [2.45, 2.75) is 26.1 Å². The SMILES string of the molecule is CCC(=O)c1cc(Br)ccc1O[C@@H](CF)COCc1ccccc1. The summed E-state index contributed by atoms with van der Waals surface area (Å²) >= 11 is 3.34. The number of alkyl halides is 1. The molecule has 0 heterocycles. The van der Waals surface area contributed by atoms with Gasteiger partial charge in [-0.15, -0.1) is 0 Å². The summed E-state index contributed by atoms with van der Waals surface area (Å²) in [4.78, 5) is 12.0. The van der Waals surface area contributed by atoms with E-state index in [1.54, 1.807) is 25.1 Å². The molecule has 0 amide bonds. The van der Waals surface area contributed by atoms with Crippen molar-refractivity contribution in [3.63, 3.8) is 0 Å². The Balaban J connectivity index is 1.98. The molecule has 0 unspecified atom stereocenters. The van der Waals surface area contributed by atoms with Crippen molar-refractivity contribution in [1.29, 1.82) is 0 Å². The molecule has 0 saturated carbocycles. The molecule has 0 saturated heterocycles. The molecule has 0 radical (unpaired) electrons. The molecular formula is C19H20BrFO3. The van der Waals surface area contributed by atoms with Crippen LogP contribution in [0.5, 0.6) is 5.75 Å². The number of Topliss-reactive ketones (excluding diaryl/α,β-unsaturated/α-hetero) is 1. The number of hydrogen-bond donors (Lipinski definition) is 0. The fourth-order valence-electron chi connectivity index (χ4n) is 2.19. The Morgan fingerprint density at radius 1 is 1.21 bits per heavy atom. The zero-order chi connectivity index (χ0) is 17.4. The van der Waals surface area contributed by atoms with Crippen LogP contribution in [0.15, 0.2) is 53.0 Å². The Labute approximate surface area is 149 Å². The topological polar surface area (TPSA) is 35.5 Å². The maximum Gasteiger partial charge on any atom is 0.166 e. The molecule has 128 valence electrons. The maximum atomic E-state index is 13.3. The van der Waals surface area contributed by atoms with Crippen molar-refractivity contribution in [2.24, 2.45) is 0 Å². The largest absolute Gasteiger partial charge is 0.485 e. The molecule has 0 spiro atoms.